The first-order valence-electron chi connectivity index (χ1n) is 8.48. The average molecular weight is 306 g/mol. The number of hydrogen-bond donors (Lipinski definition) is 1. The van der Waals surface area contributed by atoms with Gasteiger partial charge in [-0.15, -0.1) is 0 Å². The number of aryl methyl sites for hydroxylation is 1. The largest absolute Gasteiger partial charge is 0.399 e. The van der Waals surface area contributed by atoms with Gasteiger partial charge < -0.3 is 10.6 Å². The second kappa shape index (κ2) is 5.73. The molecule has 2 atom stereocenters. The Bertz CT molecular complexity index is 723. The van der Waals surface area contributed by atoms with Gasteiger partial charge in [0.15, 0.2) is 0 Å². The predicted molar refractivity (Wildman–Crippen MR) is 92.4 cm³/mol. The first-order chi connectivity index (χ1) is 11.2. The second-order valence-corrected chi connectivity index (χ2v) is 6.67. The maximum atomic E-state index is 13.0. The Labute approximate surface area is 137 Å². The lowest BCUT2D eigenvalue weighted by Crippen LogP contribution is -2.49. The van der Waals surface area contributed by atoms with E-state index in [1.54, 1.807) is 0 Å². The van der Waals surface area contributed by atoms with Crippen molar-refractivity contribution in [2.75, 3.05) is 12.3 Å². The molecule has 1 saturated heterocycles. The van der Waals surface area contributed by atoms with Crippen molar-refractivity contribution in [1.82, 2.24) is 4.90 Å². The summed E-state index contributed by atoms with van der Waals surface area (Å²) in [7, 11) is 0. The van der Waals surface area contributed by atoms with E-state index in [1.165, 1.54) is 17.5 Å². The van der Waals surface area contributed by atoms with E-state index in [2.05, 4.69) is 29.2 Å². The van der Waals surface area contributed by atoms with Crippen molar-refractivity contribution >= 4 is 11.6 Å². The topological polar surface area (TPSA) is 46.3 Å². The van der Waals surface area contributed by atoms with Crippen LogP contribution in [0, 0.1) is 0 Å². The number of nitrogen functional groups attached to an aromatic ring is 1. The number of piperidine rings is 1. The highest BCUT2D eigenvalue weighted by Crippen LogP contribution is 2.41. The molecule has 3 heteroatoms. The first-order valence-corrected chi connectivity index (χ1v) is 8.48. The number of hydrogen-bond acceptors (Lipinski definition) is 2. The summed E-state index contributed by atoms with van der Waals surface area (Å²) in [5.74, 6) is 0.644. The van der Waals surface area contributed by atoms with Crippen LogP contribution in [0.25, 0.3) is 0 Å². The van der Waals surface area contributed by atoms with Crippen LogP contribution in [0.2, 0.25) is 0 Å². The molecule has 1 aliphatic heterocycles. The number of nitrogens with zero attached hydrogens (tertiary/aromatic N) is 1. The van der Waals surface area contributed by atoms with Crippen molar-refractivity contribution in [2.24, 2.45) is 0 Å². The quantitative estimate of drug-likeness (QED) is 0.818. The molecular weight excluding hydrogens is 284 g/mol. The van der Waals surface area contributed by atoms with Gasteiger partial charge in [-0.1, -0.05) is 24.3 Å². The normalized spacial score (nSPS) is 23.0. The van der Waals surface area contributed by atoms with Gasteiger partial charge in [0.1, 0.15) is 0 Å². The fourth-order valence-electron chi connectivity index (χ4n) is 4.25. The van der Waals surface area contributed by atoms with Crippen molar-refractivity contribution in [3.63, 3.8) is 0 Å². The number of nitrogens with two attached hydrogens (primary N) is 1. The first kappa shape index (κ1) is 14.3. The van der Waals surface area contributed by atoms with Crippen molar-refractivity contribution in [3.05, 3.63) is 65.2 Å². The molecule has 1 aliphatic carbocycles. The standard InChI is InChI=1S/C20H22N2O/c21-16-10-7-15(8-11-16)20(23)22-13-3-6-18-17-5-2-1-4-14(17)9-12-19(18)22/h1-2,4-5,7-8,10-11,18-19H,3,6,9,12-13,21H2/t18-,19+/m0/s1. The smallest absolute Gasteiger partial charge is 0.254 e. The Morgan fingerprint density at radius 3 is 2.65 bits per heavy atom. The Kier molecular flexibility index (Phi) is 3.56. The highest BCUT2D eigenvalue weighted by Gasteiger charge is 2.38. The Morgan fingerprint density at radius 2 is 1.83 bits per heavy atom. The molecule has 0 saturated carbocycles. The van der Waals surface area contributed by atoms with E-state index >= 15 is 0 Å². The van der Waals surface area contributed by atoms with Crippen LogP contribution in [0.3, 0.4) is 0 Å². The van der Waals surface area contributed by atoms with Crippen LogP contribution in [0.5, 0.6) is 0 Å². The lowest BCUT2D eigenvalue weighted by Gasteiger charge is -2.45. The van der Waals surface area contributed by atoms with Crippen LogP contribution in [-0.4, -0.2) is 23.4 Å². The van der Waals surface area contributed by atoms with E-state index < -0.39 is 0 Å². The molecule has 0 aromatic heterocycles. The third-order valence-corrected chi connectivity index (χ3v) is 5.36. The van der Waals surface area contributed by atoms with E-state index in [9.17, 15) is 4.79 Å². The van der Waals surface area contributed by atoms with Crippen LogP contribution in [-0.2, 0) is 6.42 Å². The SMILES string of the molecule is Nc1ccc(C(=O)N2CCC[C@H]3c4ccccc4CC[C@H]32)cc1. The van der Waals surface area contributed by atoms with E-state index in [4.69, 9.17) is 5.73 Å². The number of carbonyl (C=O) groups is 1. The molecular formula is C20H22N2O. The molecule has 0 bridgehead atoms. The van der Waals surface area contributed by atoms with Gasteiger partial charge in [-0.3, -0.25) is 4.79 Å². The molecule has 2 aliphatic rings. The molecule has 2 aromatic carbocycles. The number of likely N-dealkylation sites (tertiary alicyclic amines) is 1. The molecule has 2 aromatic rings. The Hall–Kier alpha value is -2.29. The molecule has 23 heavy (non-hydrogen) atoms. The summed E-state index contributed by atoms with van der Waals surface area (Å²) < 4.78 is 0. The zero-order valence-corrected chi connectivity index (χ0v) is 13.2. The summed E-state index contributed by atoms with van der Waals surface area (Å²) in [6, 6.07) is 16.4. The number of benzene rings is 2. The van der Waals surface area contributed by atoms with Gasteiger partial charge >= 0.3 is 0 Å². The number of amides is 1. The van der Waals surface area contributed by atoms with Crippen LogP contribution in [0.4, 0.5) is 5.69 Å². The van der Waals surface area contributed by atoms with Gasteiger partial charge in [0.25, 0.3) is 5.91 Å². The zero-order chi connectivity index (χ0) is 15.8. The van der Waals surface area contributed by atoms with Gasteiger partial charge in [0.2, 0.25) is 0 Å². The van der Waals surface area contributed by atoms with Gasteiger partial charge in [0, 0.05) is 29.8 Å². The lowest BCUT2D eigenvalue weighted by molar-refractivity contribution is 0.0547. The Balaban J connectivity index is 1.63. The minimum atomic E-state index is 0.152. The van der Waals surface area contributed by atoms with Crippen molar-refractivity contribution in [3.8, 4) is 0 Å². The molecule has 0 radical (unpaired) electrons. The molecule has 0 unspecified atom stereocenters. The third-order valence-electron chi connectivity index (χ3n) is 5.36. The summed E-state index contributed by atoms with van der Waals surface area (Å²) in [6.45, 7) is 0.868. The summed E-state index contributed by atoms with van der Waals surface area (Å²) in [5.41, 5.74) is 10.1. The molecule has 0 spiro atoms. The monoisotopic (exact) mass is 306 g/mol. The number of fused-ring (bicyclic) bond motifs is 3. The van der Waals surface area contributed by atoms with Crippen LogP contribution < -0.4 is 5.73 Å². The minimum Gasteiger partial charge on any atom is -0.399 e. The van der Waals surface area contributed by atoms with Crippen LogP contribution in [0.1, 0.15) is 46.7 Å². The average Bonchev–Trinajstić information content (AvgIpc) is 2.61. The third kappa shape index (κ3) is 2.50. The number of anilines is 1. The predicted octanol–water partition coefficient (Wildman–Crippen LogP) is 3.60. The van der Waals surface area contributed by atoms with Gasteiger partial charge in [-0.2, -0.15) is 0 Å². The van der Waals surface area contributed by atoms with Gasteiger partial charge in [-0.25, -0.2) is 0 Å². The highest BCUT2D eigenvalue weighted by atomic mass is 16.2. The van der Waals surface area contributed by atoms with Gasteiger partial charge in [-0.05, 0) is 61.1 Å². The van der Waals surface area contributed by atoms with E-state index in [0.29, 0.717) is 17.6 Å². The van der Waals surface area contributed by atoms with E-state index in [1.807, 2.05) is 24.3 Å². The summed E-state index contributed by atoms with van der Waals surface area (Å²) in [5, 5.41) is 0. The maximum Gasteiger partial charge on any atom is 0.254 e. The number of carbonyl (C=O) groups excluding carboxylic acids is 1. The number of rotatable bonds is 1. The molecule has 118 valence electrons. The van der Waals surface area contributed by atoms with E-state index in [-0.39, 0.29) is 5.91 Å². The highest BCUT2D eigenvalue weighted by molar-refractivity contribution is 5.95. The van der Waals surface area contributed by atoms with Crippen LogP contribution >= 0.6 is 0 Å². The summed E-state index contributed by atoms with van der Waals surface area (Å²) >= 11 is 0. The second-order valence-electron chi connectivity index (χ2n) is 6.67. The fourth-order valence-corrected chi connectivity index (χ4v) is 4.25. The lowest BCUT2D eigenvalue weighted by atomic mass is 9.74. The molecule has 1 heterocycles. The van der Waals surface area contributed by atoms with Gasteiger partial charge in [0.05, 0.1) is 0 Å². The van der Waals surface area contributed by atoms with Crippen molar-refractivity contribution in [2.45, 2.75) is 37.6 Å². The van der Waals surface area contributed by atoms with Crippen LogP contribution in [0.15, 0.2) is 48.5 Å². The molecule has 1 fully saturated rings. The Morgan fingerprint density at radius 1 is 1.04 bits per heavy atom. The molecule has 1 amide bonds. The molecule has 3 nitrogen and oxygen atoms in total. The summed E-state index contributed by atoms with van der Waals surface area (Å²) in [6.07, 6.45) is 4.41. The summed E-state index contributed by atoms with van der Waals surface area (Å²) in [4.78, 5) is 15.1. The van der Waals surface area contributed by atoms with Crippen molar-refractivity contribution in [1.29, 1.82) is 0 Å². The maximum absolute atomic E-state index is 13.0. The zero-order valence-electron chi connectivity index (χ0n) is 13.2. The molecule has 4 rings (SSSR count). The minimum absolute atomic E-state index is 0.152. The van der Waals surface area contributed by atoms with E-state index in [0.717, 1.165) is 31.4 Å². The van der Waals surface area contributed by atoms with Crippen molar-refractivity contribution < 1.29 is 4.79 Å². The molecule has 2 N–H and O–H groups in total. The fraction of sp³-hybridized carbons (Fsp3) is 0.350.